The van der Waals surface area contributed by atoms with Gasteiger partial charge in [0, 0.05) is 25.5 Å². The summed E-state index contributed by atoms with van der Waals surface area (Å²) < 4.78 is 37.5. The van der Waals surface area contributed by atoms with Crippen molar-refractivity contribution in [2.24, 2.45) is 5.73 Å². The number of aromatic nitrogens is 4. The first-order valence-corrected chi connectivity index (χ1v) is 12.9. The fourth-order valence-electron chi connectivity index (χ4n) is 5.70. The molecule has 7 nitrogen and oxygen atoms in total. The molecule has 0 amide bonds. The Hall–Kier alpha value is -3.43. The van der Waals surface area contributed by atoms with Crippen LogP contribution in [0, 0.1) is 11.6 Å². The standard InChI is InChI=1S/C28H30F2N6O/c29-23-13-19(17-7-10-37-11-8-17)14-24(30)27(23)25-5-4-21-15-33-28(36(21)35-25)34-26-16-32-9-6-22(26)18-2-1-3-20(31)12-18/h4-6,9,13-18,20H,1-3,7-8,10-12,31H2,(H,33,34). The number of ether oxygens (including phenoxy) is 1. The van der Waals surface area contributed by atoms with Crippen molar-refractivity contribution in [2.75, 3.05) is 18.5 Å². The van der Waals surface area contributed by atoms with E-state index in [4.69, 9.17) is 10.5 Å². The topological polar surface area (TPSA) is 90.4 Å². The maximum Gasteiger partial charge on any atom is 0.229 e. The van der Waals surface area contributed by atoms with E-state index in [0.29, 0.717) is 36.2 Å². The van der Waals surface area contributed by atoms with Crippen LogP contribution in [0.4, 0.5) is 20.4 Å². The van der Waals surface area contributed by atoms with Gasteiger partial charge in [0.1, 0.15) is 11.6 Å². The zero-order valence-corrected chi connectivity index (χ0v) is 20.5. The molecule has 0 spiro atoms. The van der Waals surface area contributed by atoms with Crippen molar-refractivity contribution in [1.29, 1.82) is 0 Å². The SMILES string of the molecule is NC1CCCC(c2ccncc2Nc2ncc3ccc(-c4c(F)cc(C5CCOCC5)cc4F)nn23)C1. The Morgan fingerprint density at radius 2 is 1.78 bits per heavy atom. The van der Waals surface area contributed by atoms with E-state index in [2.05, 4.69) is 20.4 Å². The molecule has 3 N–H and O–H groups in total. The molecular weight excluding hydrogens is 474 g/mol. The highest BCUT2D eigenvalue weighted by atomic mass is 19.1. The van der Waals surface area contributed by atoms with E-state index in [-0.39, 0.29) is 23.2 Å². The molecule has 4 heterocycles. The van der Waals surface area contributed by atoms with Gasteiger partial charge >= 0.3 is 0 Å². The van der Waals surface area contributed by atoms with Gasteiger partial charge in [0.15, 0.2) is 0 Å². The number of anilines is 2. The number of halogens is 2. The van der Waals surface area contributed by atoms with E-state index in [1.165, 1.54) is 12.1 Å². The summed E-state index contributed by atoms with van der Waals surface area (Å²) in [5.74, 6) is -0.358. The molecule has 0 bridgehead atoms. The summed E-state index contributed by atoms with van der Waals surface area (Å²) in [5.41, 5.74) is 9.64. The number of nitrogens with one attached hydrogen (secondary N) is 1. The molecule has 1 aliphatic heterocycles. The van der Waals surface area contributed by atoms with Gasteiger partial charge in [-0.1, -0.05) is 6.42 Å². The minimum Gasteiger partial charge on any atom is -0.381 e. The predicted molar refractivity (Wildman–Crippen MR) is 138 cm³/mol. The number of fused-ring (bicyclic) bond motifs is 1. The van der Waals surface area contributed by atoms with Crippen molar-refractivity contribution in [1.82, 2.24) is 19.6 Å². The molecule has 2 unspecified atom stereocenters. The second-order valence-corrected chi connectivity index (χ2v) is 10.1. The van der Waals surface area contributed by atoms with Crippen molar-refractivity contribution in [3.63, 3.8) is 0 Å². The molecule has 37 heavy (non-hydrogen) atoms. The van der Waals surface area contributed by atoms with Crippen LogP contribution in [0.5, 0.6) is 0 Å². The van der Waals surface area contributed by atoms with Gasteiger partial charge in [-0.25, -0.2) is 13.8 Å². The fourth-order valence-corrected chi connectivity index (χ4v) is 5.70. The highest BCUT2D eigenvalue weighted by Crippen LogP contribution is 2.37. The Bertz CT molecular complexity index is 1390. The van der Waals surface area contributed by atoms with Gasteiger partial charge in [0.25, 0.3) is 0 Å². The third-order valence-electron chi connectivity index (χ3n) is 7.65. The van der Waals surface area contributed by atoms with Crippen molar-refractivity contribution in [3.8, 4) is 11.3 Å². The first-order valence-electron chi connectivity index (χ1n) is 12.9. The smallest absolute Gasteiger partial charge is 0.229 e. The van der Waals surface area contributed by atoms with Gasteiger partial charge < -0.3 is 15.8 Å². The van der Waals surface area contributed by atoms with E-state index in [1.54, 1.807) is 35.2 Å². The van der Waals surface area contributed by atoms with Gasteiger partial charge in [-0.05, 0) is 85.4 Å². The van der Waals surface area contributed by atoms with E-state index >= 15 is 8.78 Å². The zero-order chi connectivity index (χ0) is 25.4. The largest absolute Gasteiger partial charge is 0.381 e. The van der Waals surface area contributed by atoms with Crippen LogP contribution >= 0.6 is 0 Å². The average molecular weight is 505 g/mol. The normalized spacial score (nSPS) is 20.8. The minimum atomic E-state index is -0.619. The third-order valence-corrected chi connectivity index (χ3v) is 7.65. The molecule has 0 radical (unpaired) electrons. The van der Waals surface area contributed by atoms with Gasteiger partial charge in [-0.3, -0.25) is 4.98 Å². The number of nitrogens with two attached hydrogens (primary N) is 1. The first kappa shape index (κ1) is 23.9. The Morgan fingerprint density at radius 1 is 0.973 bits per heavy atom. The van der Waals surface area contributed by atoms with Gasteiger partial charge in [0.05, 0.1) is 34.9 Å². The van der Waals surface area contributed by atoms with E-state index in [0.717, 1.165) is 49.8 Å². The summed E-state index contributed by atoms with van der Waals surface area (Å²) in [6, 6.07) is 8.46. The summed E-state index contributed by atoms with van der Waals surface area (Å²) in [7, 11) is 0. The van der Waals surface area contributed by atoms with Crippen molar-refractivity contribution < 1.29 is 13.5 Å². The van der Waals surface area contributed by atoms with Crippen LogP contribution in [-0.4, -0.2) is 38.8 Å². The number of hydrogen-bond acceptors (Lipinski definition) is 6. The van der Waals surface area contributed by atoms with Crippen molar-refractivity contribution >= 4 is 17.2 Å². The lowest BCUT2D eigenvalue weighted by molar-refractivity contribution is 0.0852. The summed E-state index contributed by atoms with van der Waals surface area (Å²) in [4.78, 5) is 8.78. The lowest BCUT2D eigenvalue weighted by atomic mass is 9.81. The molecule has 2 fully saturated rings. The van der Waals surface area contributed by atoms with Crippen LogP contribution in [0.15, 0.2) is 48.9 Å². The molecule has 1 saturated heterocycles. The van der Waals surface area contributed by atoms with Crippen LogP contribution in [0.25, 0.3) is 16.8 Å². The molecule has 2 aliphatic rings. The fraction of sp³-hybridized carbons (Fsp3) is 0.393. The van der Waals surface area contributed by atoms with Crippen LogP contribution in [0.1, 0.15) is 61.5 Å². The average Bonchev–Trinajstić information content (AvgIpc) is 3.31. The highest BCUT2D eigenvalue weighted by molar-refractivity contribution is 5.66. The van der Waals surface area contributed by atoms with Crippen LogP contribution < -0.4 is 11.1 Å². The number of benzene rings is 1. The Balaban J connectivity index is 1.33. The van der Waals surface area contributed by atoms with Gasteiger partial charge in [-0.2, -0.15) is 9.61 Å². The van der Waals surface area contributed by atoms with E-state index < -0.39 is 11.6 Å². The molecular formula is C28H30F2N6O. The molecule has 192 valence electrons. The first-order chi connectivity index (χ1) is 18.1. The molecule has 3 aromatic heterocycles. The Labute approximate surface area is 214 Å². The van der Waals surface area contributed by atoms with Crippen LogP contribution in [0.2, 0.25) is 0 Å². The van der Waals surface area contributed by atoms with Crippen molar-refractivity contribution in [3.05, 3.63) is 71.7 Å². The summed E-state index contributed by atoms with van der Waals surface area (Å²) in [6.45, 7) is 1.22. The molecule has 2 atom stereocenters. The molecule has 4 aromatic rings. The highest BCUT2D eigenvalue weighted by Gasteiger charge is 2.24. The number of imidazole rings is 1. The third kappa shape index (κ3) is 4.81. The van der Waals surface area contributed by atoms with E-state index in [1.807, 2.05) is 6.07 Å². The quantitative estimate of drug-likeness (QED) is 0.363. The molecule has 9 heteroatoms. The van der Waals surface area contributed by atoms with Crippen LogP contribution in [0.3, 0.4) is 0 Å². The second-order valence-electron chi connectivity index (χ2n) is 10.1. The maximum atomic E-state index is 15.2. The molecule has 6 rings (SSSR count). The van der Waals surface area contributed by atoms with Crippen LogP contribution in [-0.2, 0) is 4.74 Å². The number of hydrogen-bond donors (Lipinski definition) is 2. The molecule has 1 aliphatic carbocycles. The van der Waals surface area contributed by atoms with Gasteiger partial charge in [-0.15, -0.1) is 0 Å². The van der Waals surface area contributed by atoms with E-state index in [9.17, 15) is 0 Å². The number of rotatable bonds is 5. The lowest BCUT2D eigenvalue weighted by Gasteiger charge is -2.28. The van der Waals surface area contributed by atoms with Gasteiger partial charge in [0.2, 0.25) is 5.95 Å². The summed E-state index contributed by atoms with van der Waals surface area (Å²) in [5, 5.41) is 7.93. The lowest BCUT2D eigenvalue weighted by Crippen LogP contribution is -2.27. The monoisotopic (exact) mass is 504 g/mol. The Morgan fingerprint density at radius 3 is 2.57 bits per heavy atom. The second kappa shape index (κ2) is 10.1. The Kier molecular flexibility index (Phi) is 6.56. The van der Waals surface area contributed by atoms with Crippen molar-refractivity contribution in [2.45, 2.75) is 56.4 Å². The zero-order valence-electron chi connectivity index (χ0n) is 20.5. The number of pyridine rings is 1. The predicted octanol–water partition coefficient (Wildman–Crippen LogP) is 5.69. The number of nitrogens with zero attached hydrogens (tertiary/aromatic N) is 4. The summed E-state index contributed by atoms with van der Waals surface area (Å²) >= 11 is 0. The minimum absolute atomic E-state index is 0.0964. The molecule has 1 saturated carbocycles. The maximum absolute atomic E-state index is 15.2. The molecule has 1 aromatic carbocycles. The summed E-state index contributed by atoms with van der Waals surface area (Å²) in [6.07, 6.45) is 10.9.